The van der Waals surface area contributed by atoms with E-state index in [0.717, 1.165) is 11.8 Å². The summed E-state index contributed by atoms with van der Waals surface area (Å²) < 4.78 is 0. The number of rotatable bonds is 0. The third-order valence-electron chi connectivity index (χ3n) is 9.92. The molecule has 0 saturated carbocycles. The van der Waals surface area contributed by atoms with Gasteiger partial charge in [-0.2, -0.15) is 0 Å². The van der Waals surface area contributed by atoms with Crippen molar-refractivity contribution in [1.82, 2.24) is 0 Å². The van der Waals surface area contributed by atoms with Crippen LogP contribution in [-0.2, 0) is 12.8 Å². The first-order valence-corrected chi connectivity index (χ1v) is 18.7. The largest absolute Gasteiger partial charge is 0.0591 e. The van der Waals surface area contributed by atoms with E-state index < -0.39 is 0 Å². The second-order valence-electron chi connectivity index (χ2n) is 15.0. The summed E-state index contributed by atoms with van der Waals surface area (Å²) in [6, 6.07) is 48.1. The Morgan fingerprint density at radius 2 is 0.549 bits per heavy atom. The summed E-state index contributed by atoms with van der Waals surface area (Å²) in [4.78, 5) is 0. The molecule has 0 nitrogen and oxygen atoms in total. The van der Waals surface area contributed by atoms with E-state index in [1.165, 1.54) is 74.9 Å². The Labute approximate surface area is 310 Å². The Balaban J connectivity index is 0.000000155. The topological polar surface area (TPSA) is 0 Å². The highest BCUT2D eigenvalue weighted by Gasteiger charge is 2.36. The van der Waals surface area contributed by atoms with Crippen LogP contribution in [0.4, 0.5) is 0 Å². The Morgan fingerprint density at radius 1 is 0.294 bits per heavy atom. The molecule has 0 N–H and O–H groups in total. The van der Waals surface area contributed by atoms with Crippen LogP contribution in [-0.4, -0.2) is 0 Å². The molecule has 0 aliphatic heterocycles. The summed E-state index contributed by atoms with van der Waals surface area (Å²) in [5, 5.41) is 0. The fourth-order valence-corrected chi connectivity index (χ4v) is 6.72. The Hall–Kier alpha value is -4.68. The van der Waals surface area contributed by atoms with E-state index in [1.54, 1.807) is 22.3 Å². The van der Waals surface area contributed by atoms with Gasteiger partial charge in [-0.05, 0) is 123 Å². The zero-order chi connectivity index (χ0) is 36.9. The van der Waals surface area contributed by atoms with Gasteiger partial charge < -0.3 is 0 Å². The predicted molar refractivity (Wildman–Crippen MR) is 224 cm³/mol. The van der Waals surface area contributed by atoms with E-state index in [2.05, 4.69) is 203 Å². The van der Waals surface area contributed by atoms with Crippen molar-refractivity contribution in [2.75, 3.05) is 0 Å². The maximum absolute atomic E-state index is 2.40. The molecular weight excluding hydrogens is 613 g/mol. The fraction of sp³-hybridized carbons (Fsp3) is 0.294. The van der Waals surface area contributed by atoms with Crippen molar-refractivity contribution in [2.24, 2.45) is 0 Å². The summed E-state index contributed by atoms with van der Waals surface area (Å²) in [6.07, 6.45) is 3.83. The first-order chi connectivity index (χ1) is 24.4. The third kappa shape index (κ3) is 12.6. The van der Waals surface area contributed by atoms with E-state index in [1.807, 2.05) is 0 Å². The average Bonchev–Trinajstić information content (AvgIpc) is 3.49. The van der Waals surface area contributed by atoms with Crippen molar-refractivity contribution in [3.8, 4) is 0 Å². The lowest BCUT2D eigenvalue weighted by atomic mass is 9.75. The number of hydrogen-bond acceptors (Lipinski definition) is 0. The molecule has 0 radical (unpaired) electrons. The summed E-state index contributed by atoms with van der Waals surface area (Å²) in [7, 11) is 0. The van der Waals surface area contributed by atoms with Gasteiger partial charge in [-0.15, -0.1) is 0 Å². The van der Waals surface area contributed by atoms with Crippen LogP contribution < -0.4 is 0 Å². The number of hydrogen-bond donors (Lipinski definition) is 0. The third-order valence-corrected chi connectivity index (χ3v) is 9.92. The fourth-order valence-electron chi connectivity index (χ4n) is 6.72. The first-order valence-electron chi connectivity index (χ1n) is 18.7. The quantitative estimate of drug-likeness (QED) is 0.151. The molecular formula is C51H60. The molecule has 0 heteroatoms. The predicted octanol–water partition coefficient (Wildman–Crippen LogP) is 13.9. The lowest BCUT2D eigenvalue weighted by molar-refractivity contribution is 0.508. The van der Waals surface area contributed by atoms with Crippen LogP contribution in [0.25, 0.3) is 0 Å². The molecule has 0 saturated heterocycles. The van der Waals surface area contributed by atoms with Gasteiger partial charge >= 0.3 is 0 Å². The molecule has 0 bridgehead atoms. The highest BCUT2D eigenvalue weighted by Crippen LogP contribution is 2.50. The lowest BCUT2D eigenvalue weighted by Gasteiger charge is -2.29. The van der Waals surface area contributed by atoms with Crippen molar-refractivity contribution < 1.29 is 0 Å². The Bertz CT molecular complexity index is 1660. The second-order valence-corrected chi connectivity index (χ2v) is 15.0. The molecule has 0 spiro atoms. The van der Waals surface area contributed by atoms with Gasteiger partial charge in [0.1, 0.15) is 0 Å². The Morgan fingerprint density at radius 3 is 0.863 bits per heavy atom. The monoisotopic (exact) mass is 672 g/mol. The van der Waals surface area contributed by atoms with Crippen LogP contribution in [0.1, 0.15) is 96.1 Å². The van der Waals surface area contributed by atoms with Crippen LogP contribution in [0.5, 0.6) is 0 Å². The summed E-state index contributed by atoms with van der Waals surface area (Å²) >= 11 is 0. The van der Waals surface area contributed by atoms with E-state index in [4.69, 9.17) is 0 Å². The van der Waals surface area contributed by atoms with Gasteiger partial charge in [-0.1, -0.05) is 189 Å². The lowest BCUT2D eigenvalue weighted by Crippen LogP contribution is -2.15. The van der Waals surface area contributed by atoms with Crippen molar-refractivity contribution in [3.05, 3.63) is 211 Å². The summed E-state index contributed by atoms with van der Waals surface area (Å²) in [6.45, 7) is 21.2. The maximum atomic E-state index is 2.40. The molecule has 0 fully saturated rings. The summed E-state index contributed by atoms with van der Waals surface area (Å²) in [5.41, 5.74) is 19.9. The van der Waals surface area contributed by atoms with Gasteiger partial charge in [-0.3, -0.25) is 0 Å². The molecule has 0 amide bonds. The van der Waals surface area contributed by atoms with E-state index in [9.17, 15) is 0 Å². The highest BCUT2D eigenvalue weighted by atomic mass is 14.4. The van der Waals surface area contributed by atoms with Crippen molar-refractivity contribution in [2.45, 2.75) is 100 Å². The van der Waals surface area contributed by atoms with E-state index >= 15 is 0 Å². The van der Waals surface area contributed by atoms with Gasteiger partial charge in [0, 0.05) is 0 Å². The van der Waals surface area contributed by atoms with Gasteiger partial charge in [-0.25, -0.2) is 0 Å². The van der Waals surface area contributed by atoms with Gasteiger partial charge in [0.25, 0.3) is 0 Å². The molecule has 2 aliphatic rings. The molecule has 0 aromatic heterocycles. The molecule has 6 aromatic carbocycles. The van der Waals surface area contributed by atoms with Crippen LogP contribution in [0.15, 0.2) is 133 Å². The zero-order valence-corrected chi connectivity index (χ0v) is 33.0. The molecule has 8 rings (SSSR count). The van der Waals surface area contributed by atoms with Crippen molar-refractivity contribution >= 4 is 0 Å². The first kappa shape index (κ1) is 39.1. The number of fused-ring (bicyclic) bond motifs is 5. The smallest absolute Gasteiger partial charge is 0.00496 e. The minimum atomic E-state index is 0.737. The van der Waals surface area contributed by atoms with Gasteiger partial charge in [0.05, 0.1) is 0 Å². The maximum Gasteiger partial charge on any atom is -0.00496 e. The van der Waals surface area contributed by atoms with Crippen molar-refractivity contribution in [1.29, 1.82) is 0 Å². The average molecular weight is 673 g/mol. The minimum absolute atomic E-state index is 0.737. The molecule has 0 heterocycles. The van der Waals surface area contributed by atoms with Crippen LogP contribution in [0, 0.1) is 69.2 Å². The summed E-state index contributed by atoms with van der Waals surface area (Å²) in [5.74, 6) is 1.51. The van der Waals surface area contributed by atoms with Gasteiger partial charge in [0.2, 0.25) is 0 Å². The molecule has 51 heavy (non-hydrogen) atoms. The molecule has 2 atom stereocenters. The second kappa shape index (κ2) is 19.1. The molecule has 6 aromatic rings. The standard InChI is InChI=1S/C19H20.4C8H10/c1-12-3-6-16-14(9-12)5-8-18-17-7-4-13(2)10-15(17)11-19(16)18;4*1-7-3-5-8(2)6-4-7/h3-4,6-7,9-10,18-19H,5,8,11H2,1-2H3;4*3-6H,1-2H3. The Kier molecular flexibility index (Phi) is 14.6. The number of benzene rings is 6. The normalized spacial score (nSPS) is 14.6. The number of aryl methyl sites for hydroxylation is 11. The van der Waals surface area contributed by atoms with Crippen molar-refractivity contribution in [3.63, 3.8) is 0 Å². The van der Waals surface area contributed by atoms with E-state index in [0.29, 0.717) is 0 Å². The molecule has 264 valence electrons. The molecule has 2 aliphatic carbocycles. The van der Waals surface area contributed by atoms with Crippen LogP contribution in [0.3, 0.4) is 0 Å². The molecule has 2 unspecified atom stereocenters. The van der Waals surface area contributed by atoms with E-state index in [-0.39, 0.29) is 0 Å². The van der Waals surface area contributed by atoms with Gasteiger partial charge in [0.15, 0.2) is 0 Å². The van der Waals surface area contributed by atoms with Crippen LogP contribution >= 0.6 is 0 Å². The zero-order valence-electron chi connectivity index (χ0n) is 33.0. The minimum Gasteiger partial charge on any atom is -0.0591 e. The van der Waals surface area contributed by atoms with Crippen LogP contribution in [0.2, 0.25) is 0 Å². The highest BCUT2D eigenvalue weighted by molar-refractivity contribution is 5.48. The SMILES string of the molecule is Cc1ccc(C)cc1.Cc1ccc(C)cc1.Cc1ccc(C)cc1.Cc1ccc(C)cc1.Cc1ccc2c(c1)CC1c3ccc(C)cc3CCC21.